The van der Waals surface area contributed by atoms with E-state index in [2.05, 4.69) is 15.3 Å². The molecule has 1 saturated heterocycles. The highest BCUT2D eigenvalue weighted by Crippen LogP contribution is 2.30. The maximum Gasteiger partial charge on any atom is 0.312 e. The molecule has 2 rings (SSSR count). The number of carbonyl (C=O) groups is 1. The Bertz CT molecular complexity index is 572. The van der Waals surface area contributed by atoms with Crippen molar-refractivity contribution in [3.63, 3.8) is 0 Å². The summed E-state index contributed by atoms with van der Waals surface area (Å²) >= 11 is -1.09. The highest BCUT2D eigenvalue weighted by Gasteiger charge is 2.34. The number of amides is 2. The van der Waals surface area contributed by atoms with Crippen LogP contribution in [0.15, 0.2) is 6.07 Å². The number of nitrogens with zero attached hydrogens (tertiary/aromatic N) is 3. The van der Waals surface area contributed by atoms with Crippen molar-refractivity contribution in [3.8, 4) is 0 Å². The fourth-order valence-electron chi connectivity index (χ4n) is 2.47. The zero-order valence-electron chi connectivity index (χ0n) is 13.7. The van der Waals surface area contributed by atoms with Crippen LogP contribution >= 0.6 is 0 Å². The van der Waals surface area contributed by atoms with Gasteiger partial charge >= 0.3 is 6.03 Å². The topological polar surface area (TPSA) is 133 Å². The van der Waals surface area contributed by atoms with Gasteiger partial charge in [0.05, 0.1) is 6.26 Å². The van der Waals surface area contributed by atoms with Crippen LogP contribution in [0, 0.1) is 0 Å². The minimum absolute atomic E-state index is 0.0730. The van der Waals surface area contributed by atoms with E-state index in [0.717, 1.165) is 12.8 Å². The van der Waals surface area contributed by atoms with Gasteiger partial charge in [0.2, 0.25) is 5.95 Å². The zero-order valence-corrected chi connectivity index (χ0v) is 14.5. The first-order valence-corrected chi connectivity index (χ1v) is 9.05. The lowest BCUT2D eigenvalue weighted by Gasteiger charge is -2.33. The number of rotatable bonds is 4. The van der Waals surface area contributed by atoms with Crippen molar-refractivity contribution in [2.75, 3.05) is 30.0 Å². The molecule has 1 aliphatic heterocycles. The third kappa shape index (κ3) is 4.17. The smallest absolute Gasteiger partial charge is 0.312 e. The molecule has 0 aromatic carbocycles. The van der Waals surface area contributed by atoms with Crippen LogP contribution in [0.5, 0.6) is 0 Å². The fraction of sp³-hybridized carbons (Fsp3) is 0.643. The van der Waals surface area contributed by atoms with Gasteiger partial charge in [-0.25, -0.2) is 9.78 Å². The highest BCUT2D eigenvalue weighted by atomic mass is 32.2. The molecular weight excluding hydrogens is 316 g/mol. The van der Waals surface area contributed by atoms with E-state index in [4.69, 9.17) is 11.5 Å². The maximum absolute atomic E-state index is 12.0. The molecule has 1 aliphatic rings. The molecule has 0 saturated carbocycles. The Hall–Kier alpha value is -1.74. The average molecular weight is 340 g/mol. The Kier molecular flexibility index (Phi) is 5.20. The quantitative estimate of drug-likeness (QED) is 0.676. The first kappa shape index (κ1) is 17.6. The van der Waals surface area contributed by atoms with E-state index in [1.807, 2.05) is 18.7 Å². The van der Waals surface area contributed by atoms with Crippen molar-refractivity contribution in [2.24, 2.45) is 5.73 Å². The van der Waals surface area contributed by atoms with Gasteiger partial charge in [0, 0.05) is 25.2 Å². The van der Waals surface area contributed by atoms with Gasteiger partial charge in [-0.2, -0.15) is 4.98 Å². The Morgan fingerprint density at radius 2 is 2.04 bits per heavy atom. The van der Waals surface area contributed by atoms with Gasteiger partial charge in [0.15, 0.2) is 4.75 Å². The van der Waals surface area contributed by atoms with Gasteiger partial charge < -0.3 is 26.2 Å². The molecule has 1 aromatic heterocycles. The van der Waals surface area contributed by atoms with E-state index >= 15 is 0 Å². The number of nitrogens with two attached hydrogens (primary N) is 2. The van der Waals surface area contributed by atoms with Crippen molar-refractivity contribution in [2.45, 2.75) is 37.5 Å². The Labute approximate surface area is 139 Å². The van der Waals surface area contributed by atoms with Crippen molar-refractivity contribution in [3.05, 3.63) is 11.8 Å². The van der Waals surface area contributed by atoms with Crippen LogP contribution in [0.3, 0.4) is 0 Å². The number of anilines is 2. The molecule has 0 spiro atoms. The summed E-state index contributed by atoms with van der Waals surface area (Å²) in [6, 6.07) is 1.24. The van der Waals surface area contributed by atoms with Crippen LogP contribution < -0.4 is 21.7 Å². The third-order valence-electron chi connectivity index (χ3n) is 4.19. The van der Waals surface area contributed by atoms with Gasteiger partial charge in [-0.1, -0.05) is 0 Å². The average Bonchev–Trinajstić information content (AvgIpc) is 2.46. The molecule has 1 aromatic rings. The van der Waals surface area contributed by atoms with Crippen LogP contribution in [0.4, 0.5) is 16.6 Å². The molecule has 1 atom stereocenters. The molecular formula is C14H24N6O2S. The predicted octanol–water partition coefficient (Wildman–Crippen LogP) is 0.310. The molecule has 0 radical (unpaired) electrons. The number of primary amides is 1. The number of piperidine rings is 1. The van der Waals surface area contributed by atoms with Crippen LogP contribution in [0.25, 0.3) is 0 Å². The van der Waals surface area contributed by atoms with E-state index in [1.54, 1.807) is 12.3 Å². The van der Waals surface area contributed by atoms with Crippen LogP contribution in [0.2, 0.25) is 0 Å². The Morgan fingerprint density at radius 1 is 1.43 bits per heavy atom. The van der Waals surface area contributed by atoms with Gasteiger partial charge in [-0.15, -0.1) is 0 Å². The molecule has 128 valence electrons. The van der Waals surface area contributed by atoms with Crippen molar-refractivity contribution >= 4 is 29.0 Å². The number of aromatic nitrogens is 2. The highest BCUT2D eigenvalue weighted by molar-refractivity contribution is 7.91. The summed E-state index contributed by atoms with van der Waals surface area (Å²) in [6.07, 6.45) is 3.18. The van der Waals surface area contributed by atoms with Crippen molar-refractivity contribution in [1.82, 2.24) is 15.3 Å². The van der Waals surface area contributed by atoms with Crippen LogP contribution in [-0.4, -0.2) is 45.9 Å². The first-order chi connectivity index (χ1) is 10.7. The summed E-state index contributed by atoms with van der Waals surface area (Å²) in [7, 11) is 0. The van der Waals surface area contributed by atoms with Crippen LogP contribution in [-0.2, 0) is 15.9 Å². The normalized spacial score (nSPS) is 17.8. The number of carbonyl (C=O) groups excluding carboxylic acids is 1. The second-order valence-electron chi connectivity index (χ2n) is 6.21. The molecule has 23 heavy (non-hydrogen) atoms. The maximum atomic E-state index is 12.0. The number of hydrogen-bond donors (Lipinski definition) is 3. The Morgan fingerprint density at radius 3 is 2.57 bits per heavy atom. The first-order valence-electron chi connectivity index (χ1n) is 7.49. The van der Waals surface area contributed by atoms with Crippen molar-refractivity contribution in [1.29, 1.82) is 0 Å². The zero-order chi connectivity index (χ0) is 17.2. The summed E-state index contributed by atoms with van der Waals surface area (Å²) < 4.78 is 11.4. The standard InChI is InChI=1S/C14H24N6O2S/c1-14(2,23(3)22)10-8-11(15)19-13(18-10)20-6-4-9(5-7-20)17-12(16)21/h8-9H,4-7H2,1-3H3,(H2,15,18,19)(H3,16,17,21). The molecule has 0 aliphatic carbocycles. The van der Waals surface area contributed by atoms with E-state index < -0.39 is 22.0 Å². The molecule has 0 bridgehead atoms. The number of nitrogens with one attached hydrogen (secondary N) is 1. The SMILES string of the molecule is C[S+]([O-])C(C)(C)c1cc(N)nc(N2CCC(NC(N)=O)CC2)n1. The largest absolute Gasteiger partial charge is 0.616 e. The summed E-state index contributed by atoms with van der Waals surface area (Å²) in [5, 5.41) is 2.72. The minimum atomic E-state index is -1.09. The molecule has 8 nitrogen and oxygen atoms in total. The monoisotopic (exact) mass is 340 g/mol. The lowest BCUT2D eigenvalue weighted by Crippen LogP contribution is -2.47. The number of urea groups is 1. The summed E-state index contributed by atoms with van der Waals surface area (Å²) in [5.74, 6) is 0.900. The molecule has 9 heteroatoms. The Balaban J connectivity index is 2.15. The lowest BCUT2D eigenvalue weighted by molar-refractivity contribution is 0.242. The summed E-state index contributed by atoms with van der Waals surface area (Å²) in [6.45, 7) is 5.14. The molecule has 5 N–H and O–H groups in total. The fourth-order valence-corrected chi connectivity index (χ4v) is 2.87. The van der Waals surface area contributed by atoms with Gasteiger partial charge in [0.25, 0.3) is 0 Å². The minimum Gasteiger partial charge on any atom is -0.616 e. The van der Waals surface area contributed by atoms with Gasteiger partial charge in [0.1, 0.15) is 11.5 Å². The van der Waals surface area contributed by atoms with Crippen LogP contribution in [0.1, 0.15) is 32.4 Å². The molecule has 2 amide bonds. The summed E-state index contributed by atoms with van der Waals surface area (Å²) in [5.41, 5.74) is 11.7. The van der Waals surface area contributed by atoms with Gasteiger partial charge in [-0.3, -0.25) is 0 Å². The summed E-state index contributed by atoms with van der Waals surface area (Å²) in [4.78, 5) is 21.8. The van der Waals surface area contributed by atoms with E-state index in [9.17, 15) is 9.35 Å². The second-order valence-corrected chi connectivity index (χ2v) is 8.14. The van der Waals surface area contributed by atoms with Gasteiger partial charge in [-0.05, 0) is 37.9 Å². The molecule has 1 unspecified atom stereocenters. The number of nitrogen functional groups attached to an aromatic ring is 1. The molecule has 2 heterocycles. The van der Waals surface area contributed by atoms with E-state index in [-0.39, 0.29) is 6.04 Å². The second kappa shape index (κ2) is 6.79. The third-order valence-corrected chi connectivity index (χ3v) is 5.84. The predicted molar refractivity (Wildman–Crippen MR) is 91.5 cm³/mol. The van der Waals surface area contributed by atoms with E-state index in [0.29, 0.717) is 30.5 Å². The number of hydrogen-bond acceptors (Lipinski definition) is 6. The van der Waals surface area contributed by atoms with Crippen molar-refractivity contribution < 1.29 is 9.35 Å². The lowest BCUT2D eigenvalue weighted by atomic mass is 10.1. The van der Waals surface area contributed by atoms with E-state index in [1.165, 1.54) is 0 Å². The molecule has 1 fully saturated rings.